The minimum Gasteiger partial charge on any atom is -0.493 e. The molecule has 2 aliphatic carbocycles. The van der Waals surface area contributed by atoms with E-state index < -0.39 is 11.8 Å². The van der Waals surface area contributed by atoms with E-state index >= 15 is 0 Å². The monoisotopic (exact) mass is 472 g/mol. The summed E-state index contributed by atoms with van der Waals surface area (Å²) in [5, 5.41) is 3.49. The van der Waals surface area contributed by atoms with Gasteiger partial charge in [0, 0.05) is 38.3 Å². The number of halogens is 3. The summed E-state index contributed by atoms with van der Waals surface area (Å²) in [5.74, 6) is -1.75. The average Bonchev–Trinajstić information content (AvgIpc) is 3.43. The molecule has 1 atom stereocenters. The van der Waals surface area contributed by atoms with Crippen LogP contribution in [-0.2, 0) is 26.1 Å². The molecule has 1 unspecified atom stereocenters. The highest BCUT2D eigenvalue weighted by atomic mass is 19.3. The number of nitrogens with zero attached hydrogens (tertiary/aromatic N) is 1. The lowest BCUT2D eigenvalue weighted by molar-refractivity contribution is 0.0856. The molecule has 184 valence electrons. The third-order valence-corrected chi connectivity index (χ3v) is 7.22. The van der Waals surface area contributed by atoms with Gasteiger partial charge in [0.1, 0.15) is 5.75 Å². The van der Waals surface area contributed by atoms with Crippen LogP contribution in [0.25, 0.3) is 0 Å². The topological polar surface area (TPSA) is 24.5 Å². The van der Waals surface area contributed by atoms with Crippen LogP contribution in [0, 0.1) is 11.8 Å². The van der Waals surface area contributed by atoms with E-state index in [1.807, 2.05) is 12.1 Å². The molecule has 1 aliphatic heterocycles. The van der Waals surface area contributed by atoms with Crippen molar-refractivity contribution < 1.29 is 17.9 Å². The number of hydrogen-bond donors (Lipinski definition) is 1. The summed E-state index contributed by atoms with van der Waals surface area (Å²) >= 11 is 0. The molecule has 0 radical (unpaired) electrons. The Morgan fingerprint density at radius 2 is 1.79 bits per heavy atom. The number of hydrogen-bond acceptors (Lipinski definition) is 3. The van der Waals surface area contributed by atoms with Crippen LogP contribution in [0.2, 0.25) is 0 Å². The Bertz CT molecular complexity index is 972. The van der Waals surface area contributed by atoms with E-state index in [2.05, 4.69) is 47.1 Å². The summed E-state index contributed by atoms with van der Waals surface area (Å²) in [7, 11) is 0.500. The van der Waals surface area contributed by atoms with Crippen LogP contribution >= 0.6 is 0 Å². The maximum absolute atomic E-state index is 13.0. The zero-order valence-electron chi connectivity index (χ0n) is 20.0. The van der Waals surface area contributed by atoms with Gasteiger partial charge in [-0.05, 0) is 59.6 Å². The Hall–Kier alpha value is -2.47. The fraction of sp³-hybridized carbons (Fsp3) is 0.500. The molecule has 0 aromatic heterocycles. The van der Waals surface area contributed by atoms with Crippen molar-refractivity contribution >= 4 is 0 Å². The molecule has 1 heterocycles. The van der Waals surface area contributed by atoms with E-state index in [1.165, 1.54) is 47.2 Å². The smallest absolute Gasteiger partial charge is 0.255 e. The van der Waals surface area contributed by atoms with Crippen molar-refractivity contribution in [1.29, 1.82) is 0 Å². The first-order valence-electron chi connectivity index (χ1n) is 12.2. The lowest BCUT2D eigenvalue weighted by Gasteiger charge is -2.29. The summed E-state index contributed by atoms with van der Waals surface area (Å²) < 4.78 is 41.2. The van der Waals surface area contributed by atoms with Crippen LogP contribution in [0.4, 0.5) is 13.2 Å². The van der Waals surface area contributed by atoms with Gasteiger partial charge in [0.05, 0.1) is 19.7 Å². The van der Waals surface area contributed by atoms with Gasteiger partial charge in [-0.1, -0.05) is 43.3 Å². The predicted octanol–water partition coefficient (Wildman–Crippen LogP) is 6.27. The zero-order valence-corrected chi connectivity index (χ0v) is 20.0. The highest BCUT2D eigenvalue weighted by Gasteiger charge is 2.57. The largest absolute Gasteiger partial charge is 0.493 e. The number of allylic oxidation sites excluding steroid dienone is 1. The Labute approximate surface area is 201 Å². The molecule has 2 saturated carbocycles. The number of ether oxygens (including phenoxy) is 1. The highest BCUT2D eigenvalue weighted by molar-refractivity contribution is 5.37. The van der Waals surface area contributed by atoms with Crippen molar-refractivity contribution in [2.45, 2.75) is 57.7 Å². The normalized spacial score (nSPS) is 20.9. The number of benzene rings is 2. The lowest BCUT2D eigenvalue weighted by Crippen LogP contribution is -2.30. The number of fused-ring (bicyclic) bond motifs is 1. The Morgan fingerprint density at radius 1 is 1.09 bits per heavy atom. The van der Waals surface area contributed by atoms with Crippen LogP contribution in [0.5, 0.6) is 5.75 Å². The van der Waals surface area contributed by atoms with E-state index in [4.69, 9.17) is 4.74 Å². The predicted molar refractivity (Wildman–Crippen MR) is 130 cm³/mol. The van der Waals surface area contributed by atoms with Crippen molar-refractivity contribution in [2.24, 2.45) is 11.8 Å². The van der Waals surface area contributed by atoms with Gasteiger partial charge in [0.2, 0.25) is 0 Å². The standard InChI is InChI=1S/C27H32F2N2O.CH3F/c1-19(22-3-2-4-22)30-15-20-5-7-21(8-6-20)16-31-12-11-23-13-26(10-9-24(23)17-31)32-18-25-14-27(25,28)29;1-2/h5-10,13,22,25,30H,1-4,11-12,14-18H2;1H3. The second-order valence-corrected chi connectivity index (χ2v) is 9.69. The van der Waals surface area contributed by atoms with Gasteiger partial charge in [0.25, 0.3) is 5.92 Å². The zero-order chi connectivity index (χ0) is 24.1. The Kier molecular flexibility index (Phi) is 7.87. The van der Waals surface area contributed by atoms with Crippen LogP contribution in [0.15, 0.2) is 54.7 Å². The molecule has 0 bridgehead atoms. The molecule has 0 amide bonds. The van der Waals surface area contributed by atoms with Crippen molar-refractivity contribution in [3.63, 3.8) is 0 Å². The maximum Gasteiger partial charge on any atom is 0.255 e. The van der Waals surface area contributed by atoms with Gasteiger partial charge < -0.3 is 10.1 Å². The molecule has 1 N–H and O–H groups in total. The van der Waals surface area contributed by atoms with E-state index in [1.54, 1.807) is 0 Å². The number of alkyl halides is 3. The summed E-state index contributed by atoms with van der Waals surface area (Å²) in [4.78, 5) is 2.46. The van der Waals surface area contributed by atoms with Gasteiger partial charge in [-0.25, -0.2) is 8.78 Å². The van der Waals surface area contributed by atoms with E-state index in [-0.39, 0.29) is 13.0 Å². The summed E-state index contributed by atoms with van der Waals surface area (Å²) in [6.45, 7) is 7.95. The minimum atomic E-state index is -2.52. The number of rotatable bonds is 9. The number of nitrogens with one attached hydrogen (secondary N) is 1. The molecule has 34 heavy (non-hydrogen) atoms. The van der Waals surface area contributed by atoms with Gasteiger partial charge in [-0.3, -0.25) is 9.29 Å². The second-order valence-electron chi connectivity index (χ2n) is 9.69. The van der Waals surface area contributed by atoms with E-state index in [0.29, 0.717) is 18.8 Å². The lowest BCUT2D eigenvalue weighted by atomic mass is 9.83. The third-order valence-electron chi connectivity index (χ3n) is 7.22. The van der Waals surface area contributed by atoms with Gasteiger partial charge in [-0.15, -0.1) is 0 Å². The molecule has 0 spiro atoms. The molecule has 3 nitrogen and oxygen atoms in total. The molecule has 0 saturated heterocycles. The molecule has 2 aromatic rings. The third kappa shape index (κ3) is 6.15. The van der Waals surface area contributed by atoms with Gasteiger partial charge >= 0.3 is 0 Å². The van der Waals surface area contributed by atoms with Crippen LogP contribution in [-0.4, -0.2) is 31.2 Å². The Morgan fingerprint density at radius 3 is 2.44 bits per heavy atom. The fourth-order valence-electron chi connectivity index (χ4n) is 4.60. The van der Waals surface area contributed by atoms with Crippen LogP contribution in [0.1, 0.15) is 47.9 Å². The Balaban J connectivity index is 0.00000133. The van der Waals surface area contributed by atoms with Gasteiger partial charge in [-0.2, -0.15) is 0 Å². The van der Waals surface area contributed by atoms with Crippen molar-refractivity contribution in [1.82, 2.24) is 10.2 Å². The van der Waals surface area contributed by atoms with Crippen molar-refractivity contribution in [2.75, 3.05) is 20.3 Å². The summed E-state index contributed by atoms with van der Waals surface area (Å²) in [5.41, 5.74) is 6.37. The van der Waals surface area contributed by atoms with Crippen LogP contribution < -0.4 is 10.1 Å². The highest BCUT2D eigenvalue weighted by Crippen LogP contribution is 2.48. The van der Waals surface area contributed by atoms with Crippen molar-refractivity contribution in [3.05, 3.63) is 77.0 Å². The molecule has 6 heteroatoms. The molecule has 5 rings (SSSR count). The molecular weight excluding hydrogens is 437 g/mol. The maximum atomic E-state index is 13.0. The first kappa shape index (κ1) is 24.6. The average molecular weight is 473 g/mol. The van der Waals surface area contributed by atoms with Crippen molar-refractivity contribution in [3.8, 4) is 5.75 Å². The summed E-state index contributed by atoms with van der Waals surface area (Å²) in [6.07, 6.45) is 4.80. The van der Waals surface area contributed by atoms with E-state index in [0.717, 1.165) is 32.6 Å². The quantitative estimate of drug-likeness (QED) is 0.466. The minimum absolute atomic E-state index is 0.0415. The first-order chi connectivity index (χ1) is 16.5. The van der Waals surface area contributed by atoms with E-state index in [9.17, 15) is 13.2 Å². The molecule has 3 aliphatic rings. The first-order valence-corrected chi connectivity index (χ1v) is 12.2. The SMILES string of the molecule is C=C(NCc1ccc(CN2CCc3cc(OCC4CC4(F)F)ccc3C2)cc1)C1CCC1.CF. The fourth-order valence-corrected chi connectivity index (χ4v) is 4.60. The van der Waals surface area contributed by atoms with Gasteiger partial charge in [0.15, 0.2) is 0 Å². The molecular formula is C28H35F3N2O. The molecule has 2 fully saturated rings. The molecule has 2 aromatic carbocycles. The van der Waals surface area contributed by atoms with Crippen LogP contribution in [0.3, 0.4) is 0 Å². The summed E-state index contributed by atoms with van der Waals surface area (Å²) in [6, 6.07) is 14.9. The second kappa shape index (κ2) is 10.9.